The van der Waals surface area contributed by atoms with Crippen molar-refractivity contribution in [1.29, 1.82) is 0 Å². The van der Waals surface area contributed by atoms with Crippen molar-refractivity contribution in [2.45, 2.75) is 42.7 Å². The average Bonchev–Trinajstić information content (AvgIpc) is 2.31. The molecule has 1 aromatic rings. The van der Waals surface area contributed by atoms with E-state index in [2.05, 4.69) is 4.72 Å². The molecule has 106 valence electrons. The molecular formula is C12H17FN2O3S. The van der Waals surface area contributed by atoms with Gasteiger partial charge in [-0.25, -0.2) is 17.5 Å². The molecule has 0 spiro atoms. The monoisotopic (exact) mass is 288 g/mol. The van der Waals surface area contributed by atoms with Crippen molar-refractivity contribution in [2.75, 3.05) is 5.73 Å². The number of nitrogens with one attached hydrogen (secondary N) is 1. The number of nitrogen functional groups attached to an aromatic ring is 1. The van der Waals surface area contributed by atoms with Crippen LogP contribution in [0.25, 0.3) is 0 Å². The number of rotatable bonds is 3. The molecule has 1 aliphatic rings. The summed E-state index contributed by atoms with van der Waals surface area (Å²) in [7, 11) is -3.87. The summed E-state index contributed by atoms with van der Waals surface area (Å²) in [5.74, 6) is -0.704. The Morgan fingerprint density at radius 2 is 1.95 bits per heavy atom. The normalized spacial score (nSPS) is 24.3. The first-order valence-electron chi connectivity index (χ1n) is 6.15. The second kappa shape index (κ2) is 5.44. The topological polar surface area (TPSA) is 92.4 Å². The third kappa shape index (κ3) is 3.43. The summed E-state index contributed by atoms with van der Waals surface area (Å²) in [6, 6.07) is 2.63. The van der Waals surface area contributed by atoms with Gasteiger partial charge in [0.05, 0.1) is 11.0 Å². The molecule has 1 aromatic carbocycles. The van der Waals surface area contributed by atoms with Crippen molar-refractivity contribution in [1.82, 2.24) is 4.72 Å². The van der Waals surface area contributed by atoms with Gasteiger partial charge in [-0.2, -0.15) is 0 Å². The minimum Gasteiger partial charge on any atom is -0.399 e. The Balaban J connectivity index is 2.22. The van der Waals surface area contributed by atoms with Crippen LogP contribution in [0.15, 0.2) is 23.1 Å². The third-order valence-corrected chi connectivity index (χ3v) is 4.71. The van der Waals surface area contributed by atoms with E-state index in [1.54, 1.807) is 0 Å². The largest absolute Gasteiger partial charge is 0.399 e. The predicted molar refractivity (Wildman–Crippen MR) is 69.4 cm³/mol. The summed E-state index contributed by atoms with van der Waals surface area (Å²) >= 11 is 0. The van der Waals surface area contributed by atoms with Gasteiger partial charge in [0.1, 0.15) is 5.82 Å². The van der Waals surface area contributed by atoms with Crippen LogP contribution in [0.5, 0.6) is 0 Å². The van der Waals surface area contributed by atoms with Crippen molar-refractivity contribution < 1.29 is 17.9 Å². The van der Waals surface area contributed by atoms with Crippen LogP contribution in [0.1, 0.15) is 25.7 Å². The third-order valence-electron chi connectivity index (χ3n) is 3.24. The van der Waals surface area contributed by atoms with Crippen molar-refractivity contribution in [3.05, 3.63) is 24.0 Å². The van der Waals surface area contributed by atoms with Gasteiger partial charge in [-0.05, 0) is 31.0 Å². The number of nitrogens with two attached hydrogens (primary N) is 1. The molecule has 0 amide bonds. The standard InChI is InChI=1S/C12H17FN2O3S/c13-8-5-9(14)7-10(6-8)19(17,18)15-11-3-1-2-4-12(11)16/h5-7,11-12,15-16H,1-4,14H2/t11-,12-/m1/s1. The van der Waals surface area contributed by atoms with Gasteiger partial charge < -0.3 is 10.8 Å². The first kappa shape index (κ1) is 14.2. The van der Waals surface area contributed by atoms with E-state index in [9.17, 15) is 17.9 Å². The molecule has 0 radical (unpaired) electrons. The lowest BCUT2D eigenvalue weighted by molar-refractivity contribution is 0.101. The van der Waals surface area contributed by atoms with E-state index in [1.165, 1.54) is 6.07 Å². The van der Waals surface area contributed by atoms with Crippen LogP contribution in [0.4, 0.5) is 10.1 Å². The fourth-order valence-electron chi connectivity index (χ4n) is 2.26. The highest BCUT2D eigenvalue weighted by molar-refractivity contribution is 7.89. The molecule has 0 saturated heterocycles. The SMILES string of the molecule is Nc1cc(F)cc(S(=O)(=O)N[C@@H]2CCCC[C@H]2O)c1. The van der Waals surface area contributed by atoms with E-state index in [0.717, 1.165) is 25.0 Å². The molecule has 1 saturated carbocycles. The molecule has 7 heteroatoms. The van der Waals surface area contributed by atoms with Gasteiger partial charge in [-0.15, -0.1) is 0 Å². The highest BCUT2D eigenvalue weighted by Gasteiger charge is 2.28. The Morgan fingerprint density at radius 1 is 1.26 bits per heavy atom. The molecule has 0 bridgehead atoms. The molecule has 0 heterocycles. The maximum absolute atomic E-state index is 13.2. The molecule has 1 aliphatic carbocycles. The van der Waals surface area contributed by atoms with Gasteiger partial charge in [0.25, 0.3) is 0 Å². The number of benzene rings is 1. The summed E-state index contributed by atoms with van der Waals surface area (Å²) in [6.07, 6.45) is 2.18. The zero-order chi connectivity index (χ0) is 14.0. The minimum atomic E-state index is -3.87. The van der Waals surface area contributed by atoms with Crippen LogP contribution in [0.3, 0.4) is 0 Å². The molecular weight excluding hydrogens is 271 g/mol. The second-order valence-corrected chi connectivity index (χ2v) is 6.51. The summed E-state index contributed by atoms with van der Waals surface area (Å²) in [5, 5.41) is 9.76. The van der Waals surface area contributed by atoms with Crippen LogP contribution in [0, 0.1) is 5.82 Å². The zero-order valence-corrected chi connectivity index (χ0v) is 11.2. The van der Waals surface area contributed by atoms with Crippen molar-refractivity contribution in [2.24, 2.45) is 0 Å². The van der Waals surface area contributed by atoms with Gasteiger partial charge in [0.15, 0.2) is 0 Å². The maximum atomic E-state index is 13.2. The Morgan fingerprint density at radius 3 is 2.58 bits per heavy atom. The molecule has 0 aromatic heterocycles. The summed E-state index contributed by atoms with van der Waals surface area (Å²) < 4.78 is 39.8. The van der Waals surface area contributed by atoms with Crippen molar-refractivity contribution >= 4 is 15.7 Å². The molecule has 0 unspecified atom stereocenters. The fraction of sp³-hybridized carbons (Fsp3) is 0.500. The lowest BCUT2D eigenvalue weighted by Crippen LogP contribution is -2.44. The number of sulfonamides is 1. The maximum Gasteiger partial charge on any atom is 0.241 e. The van der Waals surface area contributed by atoms with E-state index < -0.39 is 28.0 Å². The first-order chi connectivity index (χ1) is 8.88. The smallest absolute Gasteiger partial charge is 0.241 e. The lowest BCUT2D eigenvalue weighted by atomic mass is 9.93. The van der Waals surface area contributed by atoms with Crippen LogP contribution in [0.2, 0.25) is 0 Å². The molecule has 2 atom stereocenters. The van der Waals surface area contributed by atoms with Crippen LogP contribution in [-0.4, -0.2) is 25.7 Å². The number of hydrogen-bond acceptors (Lipinski definition) is 4. The van der Waals surface area contributed by atoms with E-state index in [-0.39, 0.29) is 10.6 Å². The molecule has 2 rings (SSSR count). The quantitative estimate of drug-likeness (QED) is 0.723. The number of hydrogen-bond donors (Lipinski definition) is 3. The first-order valence-corrected chi connectivity index (χ1v) is 7.63. The minimum absolute atomic E-state index is 0.0459. The Kier molecular flexibility index (Phi) is 4.07. The number of aliphatic hydroxyl groups is 1. The molecule has 0 aliphatic heterocycles. The Hall–Kier alpha value is -1.18. The highest BCUT2D eigenvalue weighted by atomic mass is 32.2. The van der Waals surface area contributed by atoms with Crippen LogP contribution < -0.4 is 10.5 Å². The summed E-state index contributed by atoms with van der Waals surface area (Å²) in [5.41, 5.74) is 5.48. The van der Waals surface area contributed by atoms with Crippen LogP contribution >= 0.6 is 0 Å². The van der Waals surface area contributed by atoms with Crippen molar-refractivity contribution in [3.8, 4) is 0 Å². The molecule has 4 N–H and O–H groups in total. The molecule has 1 fully saturated rings. The van der Waals surface area contributed by atoms with Gasteiger partial charge in [0, 0.05) is 11.7 Å². The van der Waals surface area contributed by atoms with Crippen molar-refractivity contribution in [3.63, 3.8) is 0 Å². The van der Waals surface area contributed by atoms with E-state index in [0.29, 0.717) is 12.8 Å². The van der Waals surface area contributed by atoms with Gasteiger partial charge in [-0.1, -0.05) is 12.8 Å². The highest BCUT2D eigenvalue weighted by Crippen LogP contribution is 2.22. The average molecular weight is 288 g/mol. The number of aliphatic hydroxyl groups excluding tert-OH is 1. The van der Waals surface area contributed by atoms with E-state index in [4.69, 9.17) is 5.73 Å². The Labute approximate surface area is 111 Å². The lowest BCUT2D eigenvalue weighted by Gasteiger charge is -2.28. The predicted octanol–water partition coefficient (Wildman–Crippen LogP) is 0.990. The summed E-state index contributed by atoms with van der Waals surface area (Å²) in [4.78, 5) is -0.220. The van der Waals surface area contributed by atoms with E-state index in [1.807, 2.05) is 0 Å². The van der Waals surface area contributed by atoms with E-state index >= 15 is 0 Å². The molecule has 5 nitrogen and oxygen atoms in total. The van der Waals surface area contributed by atoms with Crippen LogP contribution in [-0.2, 0) is 10.0 Å². The van der Waals surface area contributed by atoms with Gasteiger partial charge >= 0.3 is 0 Å². The zero-order valence-electron chi connectivity index (χ0n) is 10.3. The summed E-state index contributed by atoms with van der Waals surface area (Å²) in [6.45, 7) is 0. The number of halogens is 1. The number of anilines is 1. The molecule has 19 heavy (non-hydrogen) atoms. The Bertz CT molecular complexity index is 542. The van der Waals surface area contributed by atoms with Gasteiger partial charge in [-0.3, -0.25) is 0 Å². The second-order valence-electron chi connectivity index (χ2n) is 4.80. The fourth-order valence-corrected chi connectivity index (χ4v) is 3.62. The van der Waals surface area contributed by atoms with Gasteiger partial charge in [0.2, 0.25) is 10.0 Å².